The summed E-state index contributed by atoms with van der Waals surface area (Å²) in [5.41, 5.74) is 21.8. The molecule has 0 aliphatic heterocycles. The van der Waals surface area contributed by atoms with Gasteiger partial charge in [-0.2, -0.15) is 0 Å². The topological polar surface area (TPSA) is 52.0 Å². The third-order valence-corrected chi connectivity index (χ3v) is 6.63. The molecule has 146 valence electrons. The SMILES string of the molecule is CC(C)Cc1c(N)c(C2CCCC2)c(N)c(CC(C)C)c1C1CCCC1. The summed E-state index contributed by atoms with van der Waals surface area (Å²) in [5.74, 6) is 2.53. The average molecular weight is 357 g/mol. The highest BCUT2D eigenvalue weighted by Crippen LogP contribution is 2.49. The highest BCUT2D eigenvalue weighted by Gasteiger charge is 2.31. The molecule has 2 aliphatic rings. The summed E-state index contributed by atoms with van der Waals surface area (Å²) in [6, 6.07) is 0. The van der Waals surface area contributed by atoms with E-state index in [1.54, 1.807) is 5.56 Å². The Labute approximate surface area is 161 Å². The van der Waals surface area contributed by atoms with Crippen molar-refractivity contribution in [3.05, 3.63) is 22.3 Å². The van der Waals surface area contributed by atoms with Crippen LogP contribution in [0.15, 0.2) is 0 Å². The molecule has 0 unspecified atom stereocenters. The monoisotopic (exact) mass is 356 g/mol. The van der Waals surface area contributed by atoms with Gasteiger partial charge >= 0.3 is 0 Å². The summed E-state index contributed by atoms with van der Waals surface area (Å²) in [7, 11) is 0. The van der Waals surface area contributed by atoms with Gasteiger partial charge in [0.1, 0.15) is 0 Å². The maximum atomic E-state index is 6.90. The van der Waals surface area contributed by atoms with Crippen LogP contribution in [0.2, 0.25) is 0 Å². The lowest BCUT2D eigenvalue weighted by Crippen LogP contribution is -2.18. The lowest BCUT2D eigenvalue weighted by atomic mass is 9.77. The molecule has 2 aliphatic carbocycles. The fourth-order valence-electron chi connectivity index (χ4n) is 5.56. The second-order valence-electron chi connectivity index (χ2n) is 9.77. The van der Waals surface area contributed by atoms with Crippen molar-refractivity contribution in [3.8, 4) is 0 Å². The van der Waals surface area contributed by atoms with Gasteiger partial charge in [0.05, 0.1) is 0 Å². The van der Waals surface area contributed by atoms with Gasteiger partial charge in [0.15, 0.2) is 0 Å². The van der Waals surface area contributed by atoms with E-state index in [0.717, 1.165) is 24.2 Å². The van der Waals surface area contributed by atoms with Gasteiger partial charge in [0, 0.05) is 16.9 Å². The predicted octanol–water partition coefficient (Wildman–Crippen LogP) is 6.56. The van der Waals surface area contributed by atoms with E-state index in [-0.39, 0.29) is 0 Å². The van der Waals surface area contributed by atoms with Crippen LogP contribution in [0.4, 0.5) is 11.4 Å². The van der Waals surface area contributed by atoms with Crippen molar-refractivity contribution in [2.75, 3.05) is 11.5 Å². The Bertz CT molecular complexity index is 581. The van der Waals surface area contributed by atoms with Gasteiger partial charge in [-0.1, -0.05) is 53.4 Å². The van der Waals surface area contributed by atoms with Gasteiger partial charge < -0.3 is 11.5 Å². The zero-order valence-electron chi connectivity index (χ0n) is 17.5. The smallest absolute Gasteiger partial charge is 0.0405 e. The van der Waals surface area contributed by atoms with E-state index in [9.17, 15) is 0 Å². The molecule has 2 heteroatoms. The molecular weight excluding hydrogens is 316 g/mol. The number of nitrogen functional groups attached to an aromatic ring is 2. The molecule has 0 heterocycles. The van der Waals surface area contributed by atoms with Crippen molar-refractivity contribution in [2.45, 2.75) is 104 Å². The second-order valence-corrected chi connectivity index (χ2v) is 9.77. The third kappa shape index (κ3) is 3.89. The molecule has 0 radical (unpaired) electrons. The first-order chi connectivity index (χ1) is 12.4. The molecule has 26 heavy (non-hydrogen) atoms. The van der Waals surface area contributed by atoms with E-state index >= 15 is 0 Å². The van der Waals surface area contributed by atoms with Crippen LogP contribution in [-0.2, 0) is 12.8 Å². The highest BCUT2D eigenvalue weighted by molar-refractivity contribution is 5.74. The number of benzene rings is 1. The summed E-state index contributed by atoms with van der Waals surface area (Å²) in [5, 5.41) is 0. The zero-order chi connectivity index (χ0) is 18.8. The highest BCUT2D eigenvalue weighted by atomic mass is 14.7. The Morgan fingerprint density at radius 3 is 1.35 bits per heavy atom. The lowest BCUT2D eigenvalue weighted by Gasteiger charge is -2.30. The lowest BCUT2D eigenvalue weighted by molar-refractivity contribution is 0.605. The Morgan fingerprint density at radius 2 is 1.00 bits per heavy atom. The second kappa shape index (κ2) is 8.23. The van der Waals surface area contributed by atoms with Gasteiger partial charge in [-0.25, -0.2) is 0 Å². The molecule has 0 amide bonds. The van der Waals surface area contributed by atoms with Gasteiger partial charge in [-0.05, 0) is 78.9 Å². The van der Waals surface area contributed by atoms with E-state index in [2.05, 4.69) is 27.7 Å². The quantitative estimate of drug-likeness (QED) is 0.567. The molecule has 3 rings (SSSR count). The Kier molecular flexibility index (Phi) is 6.20. The van der Waals surface area contributed by atoms with Crippen LogP contribution in [0.3, 0.4) is 0 Å². The van der Waals surface area contributed by atoms with Gasteiger partial charge in [0.25, 0.3) is 0 Å². The van der Waals surface area contributed by atoms with Crippen molar-refractivity contribution in [3.63, 3.8) is 0 Å². The molecule has 0 bridgehead atoms. The fraction of sp³-hybridized carbons (Fsp3) is 0.750. The van der Waals surface area contributed by atoms with E-state index in [0.29, 0.717) is 23.7 Å². The molecule has 0 aromatic heterocycles. The van der Waals surface area contributed by atoms with E-state index in [4.69, 9.17) is 11.5 Å². The standard InChI is InChI=1S/C24H40N2/c1-15(2)13-19-21(17-9-5-6-10-17)20(14-16(3)4)24(26)22(23(19)25)18-11-7-8-12-18/h15-18H,5-14,25-26H2,1-4H3. The van der Waals surface area contributed by atoms with Crippen molar-refractivity contribution in [1.29, 1.82) is 0 Å². The Balaban J connectivity index is 2.21. The molecular formula is C24H40N2. The Hall–Kier alpha value is -1.18. The summed E-state index contributed by atoms with van der Waals surface area (Å²) in [6.07, 6.45) is 12.7. The van der Waals surface area contributed by atoms with Crippen LogP contribution >= 0.6 is 0 Å². The molecule has 1 aromatic carbocycles. The van der Waals surface area contributed by atoms with Crippen molar-refractivity contribution < 1.29 is 0 Å². The Morgan fingerprint density at radius 1 is 0.654 bits per heavy atom. The van der Waals surface area contributed by atoms with Crippen LogP contribution in [0.25, 0.3) is 0 Å². The molecule has 4 N–H and O–H groups in total. The van der Waals surface area contributed by atoms with E-state index in [1.807, 2.05) is 0 Å². The van der Waals surface area contributed by atoms with Crippen LogP contribution in [-0.4, -0.2) is 0 Å². The first-order valence-corrected chi connectivity index (χ1v) is 11.1. The fourth-order valence-corrected chi connectivity index (χ4v) is 5.56. The molecule has 1 aromatic rings. The van der Waals surface area contributed by atoms with Crippen LogP contribution in [0, 0.1) is 11.8 Å². The predicted molar refractivity (Wildman–Crippen MR) is 115 cm³/mol. The molecule has 2 nitrogen and oxygen atoms in total. The molecule has 2 fully saturated rings. The van der Waals surface area contributed by atoms with Gasteiger partial charge in [-0.15, -0.1) is 0 Å². The first-order valence-electron chi connectivity index (χ1n) is 11.1. The summed E-state index contributed by atoms with van der Waals surface area (Å²) >= 11 is 0. The van der Waals surface area contributed by atoms with E-state index < -0.39 is 0 Å². The summed E-state index contributed by atoms with van der Waals surface area (Å²) < 4.78 is 0. The minimum atomic E-state index is 0.587. The first kappa shape index (κ1) is 19.6. The molecule has 2 saturated carbocycles. The molecule has 0 saturated heterocycles. The van der Waals surface area contributed by atoms with Gasteiger partial charge in [0.2, 0.25) is 0 Å². The maximum absolute atomic E-state index is 6.90. The van der Waals surface area contributed by atoms with Crippen molar-refractivity contribution in [2.24, 2.45) is 11.8 Å². The number of nitrogens with two attached hydrogens (primary N) is 2. The number of hydrogen-bond donors (Lipinski definition) is 2. The third-order valence-electron chi connectivity index (χ3n) is 6.63. The van der Waals surface area contributed by atoms with Crippen LogP contribution in [0.1, 0.15) is 113 Å². The number of hydrogen-bond acceptors (Lipinski definition) is 2. The van der Waals surface area contributed by atoms with Crippen molar-refractivity contribution in [1.82, 2.24) is 0 Å². The van der Waals surface area contributed by atoms with E-state index in [1.165, 1.54) is 68.1 Å². The van der Waals surface area contributed by atoms with Crippen LogP contribution < -0.4 is 11.5 Å². The molecule has 0 spiro atoms. The van der Waals surface area contributed by atoms with Crippen LogP contribution in [0.5, 0.6) is 0 Å². The van der Waals surface area contributed by atoms with Crippen molar-refractivity contribution >= 4 is 11.4 Å². The number of anilines is 2. The summed E-state index contributed by atoms with van der Waals surface area (Å²) in [6.45, 7) is 9.30. The molecule has 0 atom stereocenters. The summed E-state index contributed by atoms with van der Waals surface area (Å²) in [4.78, 5) is 0. The minimum Gasteiger partial charge on any atom is -0.398 e. The van der Waals surface area contributed by atoms with Gasteiger partial charge in [-0.3, -0.25) is 0 Å². The maximum Gasteiger partial charge on any atom is 0.0405 e. The largest absolute Gasteiger partial charge is 0.398 e. The zero-order valence-corrected chi connectivity index (χ0v) is 17.5. The number of rotatable bonds is 6. The minimum absolute atomic E-state index is 0.587. The average Bonchev–Trinajstić information content (AvgIpc) is 3.25. The normalized spacial score (nSPS) is 19.3.